The van der Waals surface area contributed by atoms with Gasteiger partial charge in [-0.2, -0.15) is 0 Å². The zero-order valence-electron chi connectivity index (χ0n) is 11.0. The maximum Gasteiger partial charge on any atom is 0.149 e. The van der Waals surface area contributed by atoms with Crippen molar-refractivity contribution in [3.63, 3.8) is 0 Å². The van der Waals surface area contributed by atoms with E-state index in [4.69, 9.17) is 16.3 Å². The number of ether oxygens (including phenoxy) is 1. The lowest BCUT2D eigenvalue weighted by Crippen LogP contribution is -2.32. The van der Waals surface area contributed by atoms with Crippen LogP contribution in [0.5, 0.6) is 0 Å². The second-order valence-electron chi connectivity index (χ2n) is 5.32. The van der Waals surface area contributed by atoms with Crippen LogP contribution in [0.1, 0.15) is 18.4 Å². The van der Waals surface area contributed by atoms with Gasteiger partial charge in [-0.1, -0.05) is 23.7 Å². The number of rotatable bonds is 4. The molecule has 19 heavy (non-hydrogen) atoms. The van der Waals surface area contributed by atoms with E-state index in [1.807, 2.05) is 24.3 Å². The number of benzene rings is 1. The molecule has 0 bridgehead atoms. The molecule has 0 spiro atoms. The molecule has 1 aromatic carbocycles. The Hall–Kier alpha value is -0.580. The van der Waals surface area contributed by atoms with E-state index in [2.05, 4.69) is 0 Å². The van der Waals surface area contributed by atoms with Crippen molar-refractivity contribution in [3.05, 3.63) is 34.9 Å². The molecule has 1 aromatic rings. The third-order valence-corrected chi connectivity index (χ3v) is 4.62. The topological polar surface area (TPSA) is 43.4 Å². The third kappa shape index (κ3) is 5.13. The molecule has 0 saturated carbocycles. The number of halogens is 1. The summed E-state index contributed by atoms with van der Waals surface area (Å²) in [6.45, 7) is 0.642. The van der Waals surface area contributed by atoms with E-state index in [0.717, 1.165) is 24.3 Å². The van der Waals surface area contributed by atoms with Crippen molar-refractivity contribution >= 4 is 21.4 Å². The molecule has 5 heteroatoms. The summed E-state index contributed by atoms with van der Waals surface area (Å²) in [5.74, 6) is 0.609. The highest BCUT2D eigenvalue weighted by atomic mass is 35.5. The van der Waals surface area contributed by atoms with Crippen molar-refractivity contribution < 1.29 is 13.2 Å². The Morgan fingerprint density at radius 2 is 1.95 bits per heavy atom. The molecule has 106 valence electrons. The lowest BCUT2D eigenvalue weighted by molar-refractivity contribution is -0.00278. The zero-order chi connectivity index (χ0) is 13.9. The van der Waals surface area contributed by atoms with Crippen molar-refractivity contribution in [2.24, 2.45) is 5.92 Å². The van der Waals surface area contributed by atoms with Crippen LogP contribution in [0.3, 0.4) is 0 Å². The highest BCUT2D eigenvalue weighted by Crippen LogP contribution is 2.24. The van der Waals surface area contributed by atoms with Crippen molar-refractivity contribution in [2.75, 3.05) is 18.6 Å². The summed E-state index contributed by atoms with van der Waals surface area (Å²) in [5.41, 5.74) is 1.25. The van der Waals surface area contributed by atoms with Crippen molar-refractivity contribution in [1.29, 1.82) is 0 Å². The molecule has 1 fully saturated rings. The van der Waals surface area contributed by atoms with Crippen LogP contribution in [-0.2, 0) is 21.0 Å². The highest BCUT2D eigenvalue weighted by Gasteiger charge is 2.24. The monoisotopic (exact) mass is 302 g/mol. The quantitative estimate of drug-likeness (QED) is 0.859. The van der Waals surface area contributed by atoms with Crippen LogP contribution >= 0.6 is 11.6 Å². The fourth-order valence-corrected chi connectivity index (χ4v) is 3.51. The molecule has 0 amide bonds. The van der Waals surface area contributed by atoms with Gasteiger partial charge in [-0.25, -0.2) is 8.42 Å². The zero-order valence-corrected chi connectivity index (χ0v) is 12.6. The molecule has 0 N–H and O–H groups in total. The van der Waals surface area contributed by atoms with E-state index in [9.17, 15) is 8.42 Å². The van der Waals surface area contributed by atoms with E-state index in [1.54, 1.807) is 0 Å². The third-order valence-electron chi connectivity index (χ3n) is 3.39. The fourth-order valence-electron chi connectivity index (χ4n) is 2.44. The van der Waals surface area contributed by atoms with Crippen LogP contribution in [0.15, 0.2) is 24.3 Å². The lowest BCUT2D eigenvalue weighted by atomic mass is 9.92. The van der Waals surface area contributed by atoms with Gasteiger partial charge in [0.05, 0.1) is 18.5 Å². The number of sulfone groups is 1. The molecule has 1 heterocycles. The minimum Gasteiger partial charge on any atom is -0.377 e. The second-order valence-corrected chi connectivity index (χ2v) is 7.94. The predicted molar refractivity (Wildman–Crippen MR) is 77.3 cm³/mol. The average molecular weight is 303 g/mol. The summed E-state index contributed by atoms with van der Waals surface area (Å²) in [5, 5.41) is 0.747. The van der Waals surface area contributed by atoms with Gasteiger partial charge in [0, 0.05) is 11.3 Å². The van der Waals surface area contributed by atoms with Gasteiger partial charge in [-0.05, 0) is 42.9 Å². The SMILES string of the molecule is CS(=O)(=O)C[C@H]1CC[C@@H](Cc2ccc(Cl)cc2)CO1. The van der Waals surface area contributed by atoms with Crippen LogP contribution in [0.2, 0.25) is 5.02 Å². The molecule has 1 saturated heterocycles. The van der Waals surface area contributed by atoms with Crippen LogP contribution in [0.25, 0.3) is 0 Å². The average Bonchev–Trinajstić information content (AvgIpc) is 2.33. The van der Waals surface area contributed by atoms with Gasteiger partial charge < -0.3 is 4.74 Å². The summed E-state index contributed by atoms with van der Waals surface area (Å²) < 4.78 is 28.1. The Morgan fingerprint density at radius 3 is 2.47 bits per heavy atom. The summed E-state index contributed by atoms with van der Waals surface area (Å²) >= 11 is 5.85. The molecule has 3 nitrogen and oxygen atoms in total. The number of hydrogen-bond donors (Lipinski definition) is 0. The summed E-state index contributed by atoms with van der Waals surface area (Å²) in [6, 6.07) is 7.86. The van der Waals surface area contributed by atoms with Crippen molar-refractivity contribution in [2.45, 2.75) is 25.4 Å². The van der Waals surface area contributed by atoms with Crippen LogP contribution in [-0.4, -0.2) is 33.1 Å². The largest absolute Gasteiger partial charge is 0.377 e. The standard InChI is InChI=1S/C14H19ClO3S/c1-19(16,17)10-14-7-4-12(9-18-14)8-11-2-5-13(15)6-3-11/h2-3,5-6,12,14H,4,7-10H2,1H3/t12-,14+/m0/s1. The molecule has 1 aliphatic heterocycles. The number of hydrogen-bond acceptors (Lipinski definition) is 3. The maximum absolute atomic E-state index is 11.2. The van der Waals surface area contributed by atoms with Gasteiger partial charge in [0.1, 0.15) is 9.84 Å². The fraction of sp³-hybridized carbons (Fsp3) is 0.571. The minimum absolute atomic E-state index is 0.128. The lowest BCUT2D eigenvalue weighted by Gasteiger charge is -2.28. The molecule has 0 aromatic heterocycles. The molecule has 0 aliphatic carbocycles. The Balaban J connectivity index is 1.82. The summed E-state index contributed by atoms with van der Waals surface area (Å²) in [4.78, 5) is 0. The first-order chi connectivity index (χ1) is 8.92. The summed E-state index contributed by atoms with van der Waals surface area (Å²) in [6.07, 6.45) is 3.93. The van der Waals surface area contributed by atoms with Gasteiger partial charge >= 0.3 is 0 Å². The maximum atomic E-state index is 11.2. The van der Waals surface area contributed by atoms with E-state index >= 15 is 0 Å². The smallest absolute Gasteiger partial charge is 0.149 e. The van der Waals surface area contributed by atoms with Gasteiger partial charge in [0.2, 0.25) is 0 Å². The summed E-state index contributed by atoms with van der Waals surface area (Å²) in [7, 11) is -2.94. The first-order valence-electron chi connectivity index (χ1n) is 6.46. The molecular weight excluding hydrogens is 284 g/mol. The molecule has 1 aliphatic rings. The highest BCUT2D eigenvalue weighted by molar-refractivity contribution is 7.90. The first kappa shape index (κ1) is 14.8. The van der Waals surface area contributed by atoms with Crippen LogP contribution in [0.4, 0.5) is 0 Å². The van der Waals surface area contributed by atoms with Crippen molar-refractivity contribution in [1.82, 2.24) is 0 Å². The Labute approximate surface area is 119 Å². The Kier molecular flexibility index (Phi) is 4.87. The molecule has 0 radical (unpaired) electrons. The van der Waals surface area contributed by atoms with E-state index in [1.165, 1.54) is 11.8 Å². The minimum atomic E-state index is -2.94. The van der Waals surface area contributed by atoms with E-state index < -0.39 is 9.84 Å². The Morgan fingerprint density at radius 1 is 1.26 bits per heavy atom. The molecule has 0 unspecified atom stereocenters. The van der Waals surface area contributed by atoms with Crippen LogP contribution in [0, 0.1) is 5.92 Å². The van der Waals surface area contributed by atoms with E-state index in [0.29, 0.717) is 12.5 Å². The van der Waals surface area contributed by atoms with E-state index in [-0.39, 0.29) is 11.9 Å². The Bertz CT molecular complexity index is 502. The normalized spacial score (nSPS) is 24.3. The first-order valence-corrected chi connectivity index (χ1v) is 8.90. The molecule has 2 atom stereocenters. The van der Waals surface area contributed by atoms with Crippen molar-refractivity contribution in [3.8, 4) is 0 Å². The van der Waals surface area contributed by atoms with Gasteiger partial charge in [0.25, 0.3) is 0 Å². The molecule has 2 rings (SSSR count). The second kappa shape index (κ2) is 6.25. The van der Waals surface area contributed by atoms with Crippen LogP contribution < -0.4 is 0 Å². The van der Waals surface area contributed by atoms with Gasteiger partial charge in [0.15, 0.2) is 0 Å². The predicted octanol–water partition coefficient (Wildman–Crippen LogP) is 2.72. The van der Waals surface area contributed by atoms with Gasteiger partial charge in [-0.15, -0.1) is 0 Å². The van der Waals surface area contributed by atoms with Gasteiger partial charge in [-0.3, -0.25) is 0 Å². The molecular formula is C14H19ClO3S.